The fourth-order valence-corrected chi connectivity index (χ4v) is 4.48. The van der Waals surface area contributed by atoms with Gasteiger partial charge in [0.15, 0.2) is 21.3 Å². The monoisotopic (exact) mass is 345 g/mol. The molecule has 1 amide bonds. The maximum absolute atomic E-state index is 12.3. The number of hydrogen-bond acceptors (Lipinski definition) is 5. The minimum Gasteiger partial charge on any atom is -0.489 e. The third-order valence-corrected chi connectivity index (χ3v) is 5.68. The van der Waals surface area contributed by atoms with Crippen LogP contribution in [0, 0.1) is 0 Å². The first kappa shape index (κ1) is 15.4. The Labute approximate surface area is 133 Å². The van der Waals surface area contributed by atoms with Crippen LogP contribution >= 0.6 is 11.6 Å². The summed E-state index contributed by atoms with van der Waals surface area (Å²) in [5, 5.41) is 3.04. The highest BCUT2D eigenvalue weighted by Crippen LogP contribution is 2.38. The zero-order valence-electron chi connectivity index (χ0n) is 11.8. The van der Waals surface area contributed by atoms with E-state index in [1.807, 2.05) is 0 Å². The molecule has 1 unspecified atom stereocenters. The Kier molecular flexibility index (Phi) is 4.18. The van der Waals surface area contributed by atoms with E-state index in [0.717, 1.165) is 6.42 Å². The van der Waals surface area contributed by atoms with Gasteiger partial charge in [0.05, 0.1) is 29.7 Å². The number of carbonyl (C=O) groups is 1. The molecule has 1 saturated heterocycles. The van der Waals surface area contributed by atoms with Crippen LogP contribution in [0.1, 0.15) is 23.2 Å². The van der Waals surface area contributed by atoms with Gasteiger partial charge in [-0.05, 0) is 18.6 Å². The fraction of sp³-hybridized carbons (Fsp3) is 0.500. The van der Waals surface area contributed by atoms with Gasteiger partial charge in [0.25, 0.3) is 5.91 Å². The fourth-order valence-electron chi connectivity index (χ4n) is 2.54. The van der Waals surface area contributed by atoms with Gasteiger partial charge >= 0.3 is 0 Å². The molecule has 120 valence electrons. The van der Waals surface area contributed by atoms with E-state index in [1.165, 1.54) is 6.07 Å². The number of carbonyl (C=O) groups excluding carboxylic acids is 1. The highest BCUT2D eigenvalue weighted by atomic mass is 35.5. The Bertz CT molecular complexity index is 703. The molecule has 1 atom stereocenters. The van der Waals surface area contributed by atoms with Crippen LogP contribution in [0.2, 0.25) is 5.02 Å². The molecular weight excluding hydrogens is 330 g/mol. The predicted octanol–water partition coefficient (Wildman–Crippen LogP) is 1.42. The highest BCUT2D eigenvalue weighted by Gasteiger charge is 2.29. The molecule has 0 radical (unpaired) electrons. The Hall–Kier alpha value is -1.47. The minimum atomic E-state index is -3.04. The number of amides is 1. The van der Waals surface area contributed by atoms with E-state index in [9.17, 15) is 13.2 Å². The van der Waals surface area contributed by atoms with Crippen molar-refractivity contribution in [1.29, 1.82) is 0 Å². The summed E-state index contributed by atoms with van der Waals surface area (Å²) in [6.07, 6.45) is 1.18. The van der Waals surface area contributed by atoms with Crippen LogP contribution in [0.5, 0.6) is 11.5 Å². The van der Waals surface area contributed by atoms with E-state index in [1.54, 1.807) is 6.07 Å². The normalized spacial score (nSPS) is 22.9. The van der Waals surface area contributed by atoms with E-state index in [2.05, 4.69) is 5.32 Å². The average Bonchev–Trinajstić information content (AvgIpc) is 2.66. The van der Waals surface area contributed by atoms with Gasteiger partial charge in [-0.3, -0.25) is 4.79 Å². The van der Waals surface area contributed by atoms with Crippen LogP contribution in [0.3, 0.4) is 0 Å². The summed E-state index contributed by atoms with van der Waals surface area (Å²) in [6.45, 7) is 1.01. The lowest BCUT2D eigenvalue weighted by atomic mass is 10.1. The number of benzene rings is 1. The maximum Gasteiger partial charge on any atom is 0.251 e. The van der Waals surface area contributed by atoms with Crippen molar-refractivity contribution < 1.29 is 22.7 Å². The second-order valence-electron chi connectivity index (χ2n) is 5.41. The van der Waals surface area contributed by atoms with E-state index in [0.29, 0.717) is 41.7 Å². The Morgan fingerprint density at radius 2 is 2.05 bits per heavy atom. The van der Waals surface area contributed by atoms with Crippen LogP contribution in [-0.2, 0) is 9.84 Å². The molecule has 0 aromatic heterocycles. The van der Waals surface area contributed by atoms with E-state index >= 15 is 0 Å². The van der Waals surface area contributed by atoms with Crippen LogP contribution in [-0.4, -0.2) is 45.1 Å². The summed E-state index contributed by atoms with van der Waals surface area (Å²) in [5.41, 5.74) is 0.332. The highest BCUT2D eigenvalue weighted by molar-refractivity contribution is 7.91. The average molecular weight is 346 g/mol. The molecule has 0 bridgehead atoms. The molecular formula is C14H16ClNO5S. The second kappa shape index (κ2) is 5.96. The lowest BCUT2D eigenvalue weighted by Gasteiger charge is -2.14. The number of nitrogens with one attached hydrogen (secondary N) is 1. The van der Waals surface area contributed by atoms with Crippen LogP contribution in [0.15, 0.2) is 12.1 Å². The van der Waals surface area contributed by atoms with Gasteiger partial charge in [0.1, 0.15) is 0 Å². The van der Waals surface area contributed by atoms with Crippen molar-refractivity contribution in [2.45, 2.75) is 18.9 Å². The number of rotatable bonds is 2. The molecule has 6 nitrogen and oxygen atoms in total. The van der Waals surface area contributed by atoms with Crippen molar-refractivity contribution in [3.63, 3.8) is 0 Å². The first-order valence-electron chi connectivity index (χ1n) is 7.05. The van der Waals surface area contributed by atoms with E-state index in [4.69, 9.17) is 21.1 Å². The van der Waals surface area contributed by atoms with Gasteiger partial charge in [-0.15, -0.1) is 0 Å². The van der Waals surface area contributed by atoms with Crippen LogP contribution in [0.4, 0.5) is 0 Å². The molecule has 1 aromatic carbocycles. The largest absolute Gasteiger partial charge is 0.489 e. The summed E-state index contributed by atoms with van der Waals surface area (Å²) in [4.78, 5) is 12.3. The summed E-state index contributed by atoms with van der Waals surface area (Å²) in [5.74, 6) is 0.615. The second-order valence-corrected chi connectivity index (χ2v) is 8.05. The number of hydrogen-bond donors (Lipinski definition) is 1. The summed E-state index contributed by atoms with van der Waals surface area (Å²) >= 11 is 6.15. The zero-order chi connectivity index (χ0) is 15.7. The molecule has 3 rings (SSSR count). The van der Waals surface area contributed by atoms with Crippen LogP contribution in [0.25, 0.3) is 0 Å². The molecule has 0 saturated carbocycles. The maximum atomic E-state index is 12.3. The third-order valence-electron chi connectivity index (χ3n) is 3.63. The Morgan fingerprint density at radius 3 is 2.77 bits per heavy atom. The number of halogens is 1. The third kappa shape index (κ3) is 3.30. The van der Waals surface area contributed by atoms with Gasteiger partial charge in [0, 0.05) is 18.0 Å². The van der Waals surface area contributed by atoms with Gasteiger partial charge in [-0.2, -0.15) is 0 Å². The molecule has 22 heavy (non-hydrogen) atoms. The molecule has 0 spiro atoms. The van der Waals surface area contributed by atoms with Gasteiger partial charge in [0.2, 0.25) is 0 Å². The topological polar surface area (TPSA) is 81.7 Å². The van der Waals surface area contributed by atoms with E-state index < -0.39 is 9.84 Å². The summed E-state index contributed by atoms with van der Waals surface area (Å²) in [6, 6.07) is 2.73. The van der Waals surface area contributed by atoms with Crippen molar-refractivity contribution in [2.24, 2.45) is 0 Å². The lowest BCUT2D eigenvalue weighted by Crippen LogP contribution is -2.35. The molecule has 2 aliphatic heterocycles. The number of sulfone groups is 1. The predicted molar refractivity (Wildman–Crippen MR) is 81.6 cm³/mol. The van der Waals surface area contributed by atoms with E-state index in [-0.39, 0.29) is 23.5 Å². The van der Waals surface area contributed by atoms with Gasteiger partial charge in [-0.1, -0.05) is 11.6 Å². The summed E-state index contributed by atoms with van der Waals surface area (Å²) < 4.78 is 33.9. The zero-order valence-corrected chi connectivity index (χ0v) is 13.4. The van der Waals surface area contributed by atoms with Crippen molar-refractivity contribution in [3.05, 3.63) is 22.7 Å². The first-order valence-corrected chi connectivity index (χ1v) is 9.25. The van der Waals surface area contributed by atoms with Crippen molar-refractivity contribution in [2.75, 3.05) is 24.7 Å². The molecule has 8 heteroatoms. The smallest absolute Gasteiger partial charge is 0.251 e. The number of fused-ring (bicyclic) bond motifs is 1. The van der Waals surface area contributed by atoms with Crippen molar-refractivity contribution in [3.8, 4) is 11.5 Å². The molecule has 2 aliphatic rings. The first-order chi connectivity index (χ1) is 10.4. The Morgan fingerprint density at radius 1 is 1.27 bits per heavy atom. The van der Waals surface area contributed by atoms with Gasteiger partial charge < -0.3 is 14.8 Å². The summed E-state index contributed by atoms with van der Waals surface area (Å²) in [7, 11) is -3.04. The van der Waals surface area contributed by atoms with Crippen molar-refractivity contribution in [1.82, 2.24) is 5.32 Å². The quantitative estimate of drug-likeness (QED) is 0.876. The lowest BCUT2D eigenvalue weighted by molar-refractivity contribution is 0.0940. The minimum absolute atomic E-state index is 0.0168. The molecule has 0 aliphatic carbocycles. The molecule has 1 N–H and O–H groups in total. The SMILES string of the molecule is O=C(NC1CCS(=O)(=O)C1)c1cc(Cl)c2c(c1)OCCCO2. The number of ether oxygens (including phenoxy) is 2. The van der Waals surface area contributed by atoms with Gasteiger partial charge in [-0.25, -0.2) is 8.42 Å². The molecule has 1 aromatic rings. The standard InChI is InChI=1S/C14H16ClNO5S/c15-11-6-9(7-12-13(11)21-4-1-3-20-12)14(17)16-10-2-5-22(18,19)8-10/h6-7,10H,1-5,8H2,(H,16,17). The molecule has 2 heterocycles. The van der Waals surface area contributed by atoms with Crippen LogP contribution < -0.4 is 14.8 Å². The van der Waals surface area contributed by atoms with Crippen molar-refractivity contribution >= 4 is 27.3 Å². The molecule has 1 fully saturated rings. The Balaban J connectivity index is 1.78.